The summed E-state index contributed by atoms with van der Waals surface area (Å²) in [5, 5.41) is 1.99. The smallest absolute Gasteiger partial charge is 0.265 e. The van der Waals surface area contributed by atoms with Crippen LogP contribution in [-0.4, -0.2) is 24.0 Å². The monoisotopic (exact) mass is 242 g/mol. The molecule has 2 rings (SSSR count). The third kappa shape index (κ3) is 3.12. The number of carbonyl (C=O) groups excluding carboxylic acids is 1. The van der Waals surface area contributed by atoms with Crippen molar-refractivity contribution in [3.63, 3.8) is 0 Å². The summed E-state index contributed by atoms with van der Waals surface area (Å²) in [4.78, 5) is 12.0. The van der Waals surface area contributed by atoms with Crippen LogP contribution in [0.15, 0.2) is 24.3 Å². The maximum atomic E-state index is 12.0. The highest BCUT2D eigenvalue weighted by Gasteiger charge is 2.17. The van der Waals surface area contributed by atoms with E-state index in [9.17, 15) is 4.79 Å². The molecule has 0 bridgehead atoms. The zero-order chi connectivity index (χ0) is 13.0. The molecule has 18 heavy (non-hydrogen) atoms. The summed E-state index contributed by atoms with van der Waals surface area (Å²) in [5.74, 6) is 3.21. The second kappa shape index (κ2) is 5.70. The Labute approximate surface area is 108 Å². The summed E-state index contributed by atoms with van der Waals surface area (Å²) < 4.78 is 0. The lowest BCUT2D eigenvalue weighted by Crippen LogP contribution is -2.46. The van der Waals surface area contributed by atoms with Crippen molar-refractivity contribution < 1.29 is 4.79 Å². The molecule has 0 aromatic heterocycles. The number of nitrogens with zero attached hydrogens (tertiary/aromatic N) is 1. The van der Waals surface area contributed by atoms with E-state index in [0.717, 1.165) is 37.4 Å². The average Bonchev–Trinajstić information content (AvgIpc) is 2.41. The van der Waals surface area contributed by atoms with E-state index in [0.29, 0.717) is 5.56 Å². The van der Waals surface area contributed by atoms with Crippen LogP contribution in [0, 0.1) is 18.3 Å². The quantitative estimate of drug-likeness (QED) is 0.805. The van der Waals surface area contributed by atoms with Crippen LogP contribution >= 0.6 is 0 Å². The Balaban J connectivity index is 1.97. The average molecular weight is 242 g/mol. The Bertz CT molecular complexity index is 468. The van der Waals surface area contributed by atoms with Crippen LogP contribution in [0.2, 0.25) is 0 Å². The number of amides is 1. The van der Waals surface area contributed by atoms with E-state index in [-0.39, 0.29) is 5.91 Å². The van der Waals surface area contributed by atoms with Crippen LogP contribution in [-0.2, 0) is 0 Å². The van der Waals surface area contributed by atoms with Gasteiger partial charge in [0.2, 0.25) is 0 Å². The molecule has 0 atom stereocenters. The molecule has 1 saturated heterocycles. The van der Waals surface area contributed by atoms with E-state index in [1.807, 2.05) is 17.1 Å². The molecule has 1 heterocycles. The predicted octanol–water partition coefficient (Wildman–Crippen LogP) is 2.04. The minimum atomic E-state index is -0.0818. The summed E-state index contributed by atoms with van der Waals surface area (Å²) >= 11 is 0. The Hall–Kier alpha value is -1.79. The summed E-state index contributed by atoms with van der Waals surface area (Å²) in [6, 6.07) is 7.15. The van der Waals surface area contributed by atoms with Crippen molar-refractivity contribution in [1.82, 2.24) is 10.4 Å². The van der Waals surface area contributed by atoms with E-state index >= 15 is 0 Å². The molecule has 1 aromatic carbocycles. The van der Waals surface area contributed by atoms with Crippen LogP contribution in [0.1, 0.15) is 35.7 Å². The number of hydrazine groups is 1. The standard InChI is InChI=1S/C15H18N2O/c1-3-13-5-4-6-14(11-13)15(18)16-17-9-7-12(2)8-10-17/h1,4-6,11-12H,7-10H2,2H3,(H,16,18). The zero-order valence-corrected chi connectivity index (χ0v) is 10.6. The lowest BCUT2D eigenvalue weighted by atomic mass is 10.0. The van der Waals surface area contributed by atoms with E-state index < -0.39 is 0 Å². The van der Waals surface area contributed by atoms with E-state index in [2.05, 4.69) is 18.3 Å². The van der Waals surface area contributed by atoms with Gasteiger partial charge in [0.05, 0.1) is 0 Å². The largest absolute Gasteiger partial charge is 0.285 e. The molecule has 94 valence electrons. The van der Waals surface area contributed by atoms with Crippen LogP contribution in [0.5, 0.6) is 0 Å². The number of terminal acetylenes is 1. The number of piperidine rings is 1. The maximum Gasteiger partial charge on any atom is 0.265 e. The van der Waals surface area contributed by atoms with Crippen molar-refractivity contribution in [1.29, 1.82) is 0 Å². The fourth-order valence-corrected chi connectivity index (χ4v) is 2.08. The lowest BCUT2D eigenvalue weighted by molar-refractivity contribution is 0.0712. The van der Waals surface area contributed by atoms with Gasteiger partial charge in [0.15, 0.2) is 0 Å². The summed E-state index contributed by atoms with van der Waals surface area (Å²) in [7, 11) is 0. The maximum absolute atomic E-state index is 12.0. The minimum absolute atomic E-state index is 0.0818. The van der Waals surface area contributed by atoms with Crippen LogP contribution in [0.4, 0.5) is 0 Å². The van der Waals surface area contributed by atoms with Gasteiger partial charge in [0.25, 0.3) is 5.91 Å². The molecule has 1 aliphatic heterocycles. The Morgan fingerprint density at radius 1 is 1.44 bits per heavy atom. The minimum Gasteiger partial charge on any atom is -0.285 e. The summed E-state index contributed by atoms with van der Waals surface area (Å²) in [5.41, 5.74) is 4.28. The molecular formula is C15H18N2O. The van der Waals surface area contributed by atoms with E-state index in [1.165, 1.54) is 0 Å². The second-order valence-electron chi connectivity index (χ2n) is 4.84. The first-order chi connectivity index (χ1) is 8.69. The second-order valence-corrected chi connectivity index (χ2v) is 4.84. The molecule has 1 fully saturated rings. The van der Waals surface area contributed by atoms with Crippen molar-refractivity contribution in [3.8, 4) is 12.3 Å². The van der Waals surface area contributed by atoms with Gasteiger partial charge in [0.1, 0.15) is 0 Å². The van der Waals surface area contributed by atoms with Gasteiger partial charge < -0.3 is 0 Å². The molecule has 0 aliphatic carbocycles. The van der Waals surface area contributed by atoms with Crippen molar-refractivity contribution in [2.24, 2.45) is 5.92 Å². The highest BCUT2D eigenvalue weighted by atomic mass is 16.2. The van der Waals surface area contributed by atoms with Gasteiger partial charge in [-0.25, -0.2) is 5.01 Å². The first-order valence-electron chi connectivity index (χ1n) is 6.31. The summed E-state index contributed by atoms with van der Waals surface area (Å²) in [6.45, 7) is 4.08. The molecular weight excluding hydrogens is 224 g/mol. The Morgan fingerprint density at radius 3 is 2.83 bits per heavy atom. The molecule has 1 aromatic rings. The van der Waals surface area contributed by atoms with Crippen LogP contribution in [0.3, 0.4) is 0 Å². The van der Waals surface area contributed by atoms with Crippen molar-refractivity contribution in [2.45, 2.75) is 19.8 Å². The SMILES string of the molecule is C#Cc1cccc(C(=O)NN2CCC(C)CC2)c1. The molecule has 3 heteroatoms. The van der Waals surface area contributed by atoms with Gasteiger partial charge in [0, 0.05) is 24.2 Å². The van der Waals surface area contributed by atoms with E-state index in [4.69, 9.17) is 6.42 Å². The number of benzene rings is 1. The first kappa shape index (κ1) is 12.7. The number of hydrogen-bond acceptors (Lipinski definition) is 2. The van der Waals surface area contributed by atoms with Crippen LogP contribution in [0.25, 0.3) is 0 Å². The van der Waals surface area contributed by atoms with Gasteiger partial charge in [-0.3, -0.25) is 10.2 Å². The van der Waals surface area contributed by atoms with Gasteiger partial charge >= 0.3 is 0 Å². The molecule has 0 radical (unpaired) electrons. The number of hydrogen-bond donors (Lipinski definition) is 1. The third-order valence-corrected chi connectivity index (χ3v) is 3.33. The predicted molar refractivity (Wildman–Crippen MR) is 71.8 cm³/mol. The fourth-order valence-electron chi connectivity index (χ4n) is 2.08. The zero-order valence-electron chi connectivity index (χ0n) is 10.6. The number of carbonyl (C=O) groups is 1. The van der Waals surface area contributed by atoms with Crippen molar-refractivity contribution in [2.75, 3.05) is 13.1 Å². The highest BCUT2D eigenvalue weighted by Crippen LogP contribution is 2.14. The summed E-state index contributed by atoms with van der Waals surface area (Å²) in [6.07, 6.45) is 7.59. The Morgan fingerprint density at radius 2 is 2.17 bits per heavy atom. The molecule has 0 unspecified atom stereocenters. The van der Waals surface area contributed by atoms with Gasteiger partial charge in [-0.2, -0.15) is 0 Å². The van der Waals surface area contributed by atoms with Crippen molar-refractivity contribution >= 4 is 5.91 Å². The molecule has 1 aliphatic rings. The van der Waals surface area contributed by atoms with Gasteiger partial charge in [-0.05, 0) is 37.0 Å². The Kier molecular flexibility index (Phi) is 4.01. The third-order valence-electron chi connectivity index (χ3n) is 3.33. The number of nitrogens with one attached hydrogen (secondary N) is 1. The van der Waals surface area contributed by atoms with Gasteiger partial charge in [-0.15, -0.1) is 6.42 Å². The molecule has 1 amide bonds. The van der Waals surface area contributed by atoms with E-state index in [1.54, 1.807) is 12.1 Å². The normalized spacial score (nSPS) is 17.1. The molecule has 1 N–H and O–H groups in total. The topological polar surface area (TPSA) is 32.3 Å². The molecule has 0 saturated carbocycles. The highest BCUT2D eigenvalue weighted by molar-refractivity contribution is 5.94. The first-order valence-corrected chi connectivity index (χ1v) is 6.31. The van der Waals surface area contributed by atoms with Gasteiger partial charge in [-0.1, -0.05) is 18.9 Å². The molecule has 3 nitrogen and oxygen atoms in total. The molecule has 0 spiro atoms. The van der Waals surface area contributed by atoms with Crippen molar-refractivity contribution in [3.05, 3.63) is 35.4 Å². The lowest BCUT2D eigenvalue weighted by Gasteiger charge is -2.30. The van der Waals surface area contributed by atoms with Crippen LogP contribution < -0.4 is 5.43 Å². The number of rotatable bonds is 2. The fraction of sp³-hybridized carbons (Fsp3) is 0.400.